The van der Waals surface area contributed by atoms with E-state index >= 15 is 0 Å². The Morgan fingerprint density at radius 1 is 1.67 bits per heavy atom. The van der Waals surface area contributed by atoms with Gasteiger partial charge in [-0.3, -0.25) is 4.79 Å². The molecule has 0 atom stereocenters. The largest absolute Gasteiger partial charge is 0.375 e. The number of amides is 1. The van der Waals surface area contributed by atoms with Crippen LogP contribution in [0.25, 0.3) is 0 Å². The summed E-state index contributed by atoms with van der Waals surface area (Å²) in [7, 11) is 1.84. The van der Waals surface area contributed by atoms with E-state index in [-0.39, 0.29) is 5.91 Å². The average Bonchev–Trinajstić information content (AvgIpc) is 2.90. The number of carbonyl (C=O) groups excluding carboxylic acids is 1. The third-order valence-electron chi connectivity index (χ3n) is 2.58. The molecule has 1 aliphatic carbocycles. The van der Waals surface area contributed by atoms with Crippen molar-refractivity contribution in [2.24, 2.45) is 5.92 Å². The molecule has 5 heteroatoms. The van der Waals surface area contributed by atoms with Crippen molar-refractivity contribution in [1.82, 2.24) is 9.88 Å². The number of rotatable bonds is 3. The Labute approximate surface area is 93.1 Å². The van der Waals surface area contributed by atoms with Crippen LogP contribution in [0.2, 0.25) is 0 Å². The topological polar surface area (TPSA) is 59.2 Å². The fourth-order valence-electron chi connectivity index (χ4n) is 1.56. The van der Waals surface area contributed by atoms with E-state index in [0.717, 1.165) is 12.2 Å². The first-order valence-electron chi connectivity index (χ1n) is 5.06. The number of nitrogen functional groups attached to an aromatic ring is 1. The number of hydrogen-bond donors (Lipinski definition) is 1. The van der Waals surface area contributed by atoms with E-state index in [0.29, 0.717) is 15.9 Å². The van der Waals surface area contributed by atoms with Crippen LogP contribution in [0.15, 0.2) is 0 Å². The van der Waals surface area contributed by atoms with Crippen LogP contribution in [0, 0.1) is 12.8 Å². The summed E-state index contributed by atoms with van der Waals surface area (Å²) in [5, 5.41) is 0.468. The minimum absolute atomic E-state index is 0.0496. The first-order chi connectivity index (χ1) is 7.08. The smallest absolute Gasteiger partial charge is 0.265 e. The molecule has 1 saturated carbocycles. The van der Waals surface area contributed by atoms with E-state index in [1.165, 1.54) is 24.2 Å². The molecule has 1 amide bonds. The van der Waals surface area contributed by atoms with Crippen LogP contribution in [0.4, 0.5) is 5.13 Å². The van der Waals surface area contributed by atoms with Crippen molar-refractivity contribution < 1.29 is 4.79 Å². The molecule has 4 nitrogen and oxygen atoms in total. The normalized spacial score (nSPS) is 15.3. The van der Waals surface area contributed by atoms with Crippen LogP contribution in [-0.2, 0) is 0 Å². The van der Waals surface area contributed by atoms with Gasteiger partial charge in [0.05, 0.1) is 5.69 Å². The van der Waals surface area contributed by atoms with Crippen LogP contribution in [0.3, 0.4) is 0 Å². The summed E-state index contributed by atoms with van der Waals surface area (Å²) >= 11 is 1.27. The maximum absolute atomic E-state index is 12.0. The summed E-state index contributed by atoms with van der Waals surface area (Å²) in [6.07, 6.45) is 2.50. The van der Waals surface area contributed by atoms with E-state index in [2.05, 4.69) is 4.98 Å². The Balaban J connectivity index is 2.08. The summed E-state index contributed by atoms with van der Waals surface area (Å²) in [5.41, 5.74) is 6.31. The lowest BCUT2D eigenvalue weighted by Gasteiger charge is -2.15. The lowest BCUT2D eigenvalue weighted by Crippen LogP contribution is -2.28. The second-order valence-electron chi connectivity index (χ2n) is 4.10. The summed E-state index contributed by atoms with van der Waals surface area (Å²) < 4.78 is 0. The third-order valence-corrected chi connectivity index (χ3v) is 3.56. The van der Waals surface area contributed by atoms with Gasteiger partial charge in [-0.05, 0) is 25.7 Å². The highest BCUT2D eigenvalue weighted by atomic mass is 32.1. The Hall–Kier alpha value is -1.10. The highest BCUT2D eigenvalue weighted by Gasteiger charge is 2.26. The summed E-state index contributed by atoms with van der Waals surface area (Å²) in [5.74, 6) is 0.762. The minimum Gasteiger partial charge on any atom is -0.375 e. The van der Waals surface area contributed by atoms with Gasteiger partial charge in [-0.25, -0.2) is 4.98 Å². The highest BCUT2D eigenvalue weighted by molar-refractivity contribution is 7.17. The Bertz CT molecular complexity index is 384. The van der Waals surface area contributed by atoms with Gasteiger partial charge in [-0.15, -0.1) is 0 Å². The molecule has 0 aliphatic heterocycles. The molecular formula is C10H15N3OS. The van der Waals surface area contributed by atoms with E-state index in [1.807, 2.05) is 14.0 Å². The van der Waals surface area contributed by atoms with Crippen molar-refractivity contribution in [3.8, 4) is 0 Å². The van der Waals surface area contributed by atoms with Crippen molar-refractivity contribution in [1.29, 1.82) is 0 Å². The molecule has 1 heterocycles. The number of nitrogens with zero attached hydrogens (tertiary/aromatic N) is 2. The van der Waals surface area contributed by atoms with Gasteiger partial charge in [0.15, 0.2) is 5.13 Å². The van der Waals surface area contributed by atoms with Crippen LogP contribution in [0.5, 0.6) is 0 Å². The van der Waals surface area contributed by atoms with Gasteiger partial charge in [0.2, 0.25) is 0 Å². The number of nitrogens with two attached hydrogens (primary N) is 1. The molecule has 0 unspecified atom stereocenters. The van der Waals surface area contributed by atoms with Gasteiger partial charge in [-0.2, -0.15) is 0 Å². The molecular weight excluding hydrogens is 210 g/mol. The second kappa shape index (κ2) is 3.81. The van der Waals surface area contributed by atoms with Crippen molar-refractivity contribution in [3.63, 3.8) is 0 Å². The quantitative estimate of drug-likeness (QED) is 0.848. The number of anilines is 1. The molecule has 1 aromatic rings. The lowest BCUT2D eigenvalue weighted by molar-refractivity contribution is 0.0792. The zero-order chi connectivity index (χ0) is 11.0. The Kier molecular flexibility index (Phi) is 2.65. The molecule has 0 bridgehead atoms. The van der Waals surface area contributed by atoms with Gasteiger partial charge < -0.3 is 10.6 Å². The Morgan fingerprint density at radius 2 is 2.33 bits per heavy atom. The van der Waals surface area contributed by atoms with E-state index in [9.17, 15) is 4.79 Å². The van der Waals surface area contributed by atoms with Crippen molar-refractivity contribution >= 4 is 22.4 Å². The maximum atomic E-state index is 12.0. The van der Waals surface area contributed by atoms with Crippen LogP contribution in [0.1, 0.15) is 28.2 Å². The fraction of sp³-hybridized carbons (Fsp3) is 0.600. The summed E-state index contributed by atoms with van der Waals surface area (Å²) in [6, 6.07) is 0. The summed E-state index contributed by atoms with van der Waals surface area (Å²) in [4.78, 5) is 18.5. The SMILES string of the molecule is Cc1nc(N)sc1C(=O)N(C)CC1CC1. The predicted molar refractivity (Wildman–Crippen MR) is 60.9 cm³/mol. The van der Waals surface area contributed by atoms with Crippen LogP contribution < -0.4 is 5.73 Å². The molecule has 15 heavy (non-hydrogen) atoms. The molecule has 1 aliphatic rings. The molecule has 0 aromatic carbocycles. The fourth-order valence-corrected chi connectivity index (χ4v) is 2.39. The summed E-state index contributed by atoms with van der Waals surface area (Å²) in [6.45, 7) is 2.68. The standard InChI is InChI=1S/C10H15N3OS/c1-6-8(15-10(11)12-6)9(14)13(2)5-7-3-4-7/h7H,3-5H2,1-2H3,(H2,11,12). The zero-order valence-electron chi connectivity index (χ0n) is 8.99. The minimum atomic E-state index is 0.0496. The van der Waals surface area contributed by atoms with E-state index in [1.54, 1.807) is 4.90 Å². The first-order valence-corrected chi connectivity index (χ1v) is 5.88. The lowest BCUT2D eigenvalue weighted by atomic mass is 10.3. The van der Waals surface area contributed by atoms with Crippen molar-refractivity contribution in [2.45, 2.75) is 19.8 Å². The van der Waals surface area contributed by atoms with Crippen molar-refractivity contribution in [2.75, 3.05) is 19.3 Å². The number of aryl methyl sites for hydroxylation is 1. The van der Waals surface area contributed by atoms with E-state index in [4.69, 9.17) is 5.73 Å². The monoisotopic (exact) mass is 225 g/mol. The molecule has 0 radical (unpaired) electrons. The van der Waals surface area contributed by atoms with E-state index < -0.39 is 0 Å². The molecule has 2 N–H and O–H groups in total. The predicted octanol–water partition coefficient (Wildman–Crippen LogP) is 1.52. The molecule has 1 fully saturated rings. The third kappa shape index (κ3) is 2.28. The van der Waals surface area contributed by atoms with Gasteiger partial charge in [0.1, 0.15) is 4.88 Å². The Morgan fingerprint density at radius 3 is 2.80 bits per heavy atom. The molecule has 0 spiro atoms. The average molecular weight is 225 g/mol. The van der Waals surface area contributed by atoms with Gasteiger partial charge in [-0.1, -0.05) is 11.3 Å². The maximum Gasteiger partial charge on any atom is 0.265 e. The number of thiazole rings is 1. The van der Waals surface area contributed by atoms with Gasteiger partial charge in [0, 0.05) is 13.6 Å². The first kappa shape index (κ1) is 10.4. The molecule has 1 aromatic heterocycles. The van der Waals surface area contributed by atoms with Crippen LogP contribution in [-0.4, -0.2) is 29.4 Å². The molecule has 2 rings (SSSR count). The number of aromatic nitrogens is 1. The number of carbonyl (C=O) groups is 1. The highest BCUT2D eigenvalue weighted by Crippen LogP contribution is 2.30. The molecule has 82 valence electrons. The van der Waals surface area contributed by atoms with Crippen LogP contribution >= 0.6 is 11.3 Å². The zero-order valence-corrected chi connectivity index (χ0v) is 9.80. The van der Waals surface area contributed by atoms with Gasteiger partial charge >= 0.3 is 0 Å². The van der Waals surface area contributed by atoms with Crippen molar-refractivity contribution in [3.05, 3.63) is 10.6 Å². The second-order valence-corrected chi connectivity index (χ2v) is 5.13. The number of hydrogen-bond acceptors (Lipinski definition) is 4. The molecule has 0 saturated heterocycles. The van der Waals surface area contributed by atoms with Gasteiger partial charge in [0.25, 0.3) is 5.91 Å².